The predicted octanol–water partition coefficient (Wildman–Crippen LogP) is 1.41. The van der Waals surface area contributed by atoms with Gasteiger partial charge in [0.25, 0.3) is 5.91 Å². The van der Waals surface area contributed by atoms with E-state index in [4.69, 9.17) is 9.84 Å². The second-order valence-electron chi connectivity index (χ2n) is 4.15. The molecular weight excluding hydrogens is 264 g/mol. The summed E-state index contributed by atoms with van der Waals surface area (Å²) in [6.45, 7) is 0.544. The molecule has 0 unspecified atom stereocenters. The van der Waals surface area contributed by atoms with Crippen LogP contribution in [0.4, 0.5) is 5.69 Å². The lowest BCUT2D eigenvalue weighted by Crippen LogP contribution is -2.38. The lowest BCUT2D eigenvalue weighted by Gasteiger charge is -2.29. The van der Waals surface area contributed by atoms with Crippen molar-refractivity contribution in [2.24, 2.45) is 0 Å². The van der Waals surface area contributed by atoms with Gasteiger partial charge in [0.2, 0.25) is 0 Å². The SMILES string of the molecule is O=C(O)c1cccc2c1OCCN2C(=O)c1ccon1. The zero-order chi connectivity index (χ0) is 14.1. The maximum atomic E-state index is 12.3. The normalized spacial score (nSPS) is 13.5. The van der Waals surface area contributed by atoms with Crippen LogP contribution in [0.25, 0.3) is 0 Å². The Balaban J connectivity index is 2.05. The molecule has 1 amide bonds. The Hall–Kier alpha value is -2.83. The van der Waals surface area contributed by atoms with Crippen LogP contribution in [0.3, 0.4) is 0 Å². The summed E-state index contributed by atoms with van der Waals surface area (Å²) < 4.78 is 10.0. The molecule has 1 aliphatic rings. The third-order valence-electron chi connectivity index (χ3n) is 2.98. The first-order valence-corrected chi connectivity index (χ1v) is 5.90. The fourth-order valence-corrected chi connectivity index (χ4v) is 2.09. The number of aromatic carboxylic acids is 1. The van der Waals surface area contributed by atoms with E-state index in [-0.39, 0.29) is 29.5 Å². The number of carboxylic acids is 1. The molecule has 0 fully saturated rings. The number of carbonyl (C=O) groups is 2. The Morgan fingerprint density at radius 2 is 2.15 bits per heavy atom. The largest absolute Gasteiger partial charge is 0.489 e. The van der Waals surface area contributed by atoms with Gasteiger partial charge in [-0.3, -0.25) is 9.69 Å². The number of aromatic nitrogens is 1. The van der Waals surface area contributed by atoms with Gasteiger partial charge in [-0.1, -0.05) is 11.2 Å². The maximum absolute atomic E-state index is 12.3. The highest BCUT2D eigenvalue weighted by Gasteiger charge is 2.29. The summed E-state index contributed by atoms with van der Waals surface area (Å²) in [7, 11) is 0. The first-order valence-electron chi connectivity index (χ1n) is 5.90. The molecule has 1 N–H and O–H groups in total. The van der Waals surface area contributed by atoms with E-state index >= 15 is 0 Å². The van der Waals surface area contributed by atoms with Crippen molar-refractivity contribution in [1.29, 1.82) is 0 Å². The standard InChI is InChI=1S/C13H10N2O5/c16-12(9-4-6-20-14-9)15-5-7-19-11-8(13(17)18)2-1-3-10(11)15/h1-4,6H,5,7H2,(H,17,18). The van der Waals surface area contributed by atoms with Gasteiger partial charge >= 0.3 is 5.97 Å². The van der Waals surface area contributed by atoms with Crippen LogP contribution in [0.1, 0.15) is 20.8 Å². The summed E-state index contributed by atoms with van der Waals surface area (Å²) in [5, 5.41) is 12.7. The minimum atomic E-state index is -1.10. The summed E-state index contributed by atoms with van der Waals surface area (Å²) in [4.78, 5) is 24.9. The molecule has 0 atom stereocenters. The monoisotopic (exact) mass is 274 g/mol. The van der Waals surface area contributed by atoms with Gasteiger partial charge in [0.15, 0.2) is 11.4 Å². The van der Waals surface area contributed by atoms with Crippen LogP contribution in [0.5, 0.6) is 5.75 Å². The van der Waals surface area contributed by atoms with Crippen molar-refractivity contribution < 1.29 is 24.0 Å². The van der Waals surface area contributed by atoms with Crippen molar-refractivity contribution in [3.63, 3.8) is 0 Å². The van der Waals surface area contributed by atoms with Crippen molar-refractivity contribution in [1.82, 2.24) is 5.16 Å². The van der Waals surface area contributed by atoms with Gasteiger partial charge in [0.05, 0.1) is 12.2 Å². The molecular formula is C13H10N2O5. The van der Waals surface area contributed by atoms with Gasteiger partial charge < -0.3 is 14.4 Å². The van der Waals surface area contributed by atoms with Crippen molar-refractivity contribution in [2.45, 2.75) is 0 Å². The number of amides is 1. The minimum absolute atomic E-state index is 0.0279. The van der Waals surface area contributed by atoms with Crippen LogP contribution in [0.2, 0.25) is 0 Å². The Bertz CT molecular complexity index is 665. The van der Waals surface area contributed by atoms with Crippen LogP contribution in [0.15, 0.2) is 35.1 Å². The van der Waals surface area contributed by atoms with Crippen LogP contribution in [-0.2, 0) is 0 Å². The quantitative estimate of drug-likeness (QED) is 0.890. The molecule has 20 heavy (non-hydrogen) atoms. The van der Waals surface area contributed by atoms with E-state index < -0.39 is 5.97 Å². The zero-order valence-corrected chi connectivity index (χ0v) is 10.3. The van der Waals surface area contributed by atoms with Crippen molar-refractivity contribution in [3.8, 4) is 5.75 Å². The number of benzene rings is 1. The number of ether oxygens (including phenoxy) is 1. The van der Waals surface area contributed by atoms with E-state index in [1.54, 1.807) is 12.1 Å². The fourth-order valence-electron chi connectivity index (χ4n) is 2.09. The number of anilines is 1. The van der Waals surface area contributed by atoms with Gasteiger partial charge in [-0.05, 0) is 12.1 Å². The number of rotatable bonds is 2. The Kier molecular flexibility index (Phi) is 2.86. The summed E-state index contributed by atoms with van der Waals surface area (Å²) in [6, 6.07) is 6.10. The highest BCUT2D eigenvalue weighted by atomic mass is 16.5. The first kappa shape index (κ1) is 12.2. The lowest BCUT2D eigenvalue weighted by atomic mass is 10.1. The van der Waals surface area contributed by atoms with E-state index in [2.05, 4.69) is 9.68 Å². The molecule has 7 nitrogen and oxygen atoms in total. The van der Waals surface area contributed by atoms with Crippen molar-refractivity contribution in [2.75, 3.05) is 18.1 Å². The molecule has 2 heterocycles. The number of carboxylic acid groups (broad SMARTS) is 1. The first-order chi connectivity index (χ1) is 9.68. The molecule has 0 aliphatic carbocycles. The average molecular weight is 274 g/mol. The molecule has 102 valence electrons. The Morgan fingerprint density at radius 1 is 1.30 bits per heavy atom. The third-order valence-corrected chi connectivity index (χ3v) is 2.98. The Labute approximate surface area is 113 Å². The van der Waals surface area contributed by atoms with Crippen molar-refractivity contribution >= 4 is 17.6 Å². The summed E-state index contributed by atoms with van der Waals surface area (Å²) >= 11 is 0. The van der Waals surface area contributed by atoms with E-state index in [9.17, 15) is 9.59 Å². The van der Waals surface area contributed by atoms with Gasteiger partial charge in [-0.2, -0.15) is 0 Å². The van der Waals surface area contributed by atoms with Gasteiger partial charge in [-0.15, -0.1) is 0 Å². The van der Waals surface area contributed by atoms with Crippen molar-refractivity contribution in [3.05, 3.63) is 41.8 Å². The molecule has 0 spiro atoms. The molecule has 1 aromatic heterocycles. The topological polar surface area (TPSA) is 92.9 Å². The average Bonchev–Trinajstić information content (AvgIpc) is 2.99. The molecule has 0 saturated carbocycles. The Morgan fingerprint density at radius 3 is 2.85 bits per heavy atom. The molecule has 1 aromatic carbocycles. The molecule has 0 saturated heterocycles. The van der Waals surface area contributed by atoms with E-state index in [1.807, 2.05) is 0 Å². The molecule has 0 radical (unpaired) electrons. The van der Waals surface area contributed by atoms with E-state index in [0.29, 0.717) is 12.2 Å². The van der Waals surface area contributed by atoms with Gasteiger partial charge in [0.1, 0.15) is 18.4 Å². The highest BCUT2D eigenvalue weighted by molar-refractivity contribution is 6.07. The highest BCUT2D eigenvalue weighted by Crippen LogP contribution is 2.35. The summed E-state index contributed by atoms with van der Waals surface area (Å²) in [5.41, 5.74) is 0.614. The summed E-state index contributed by atoms with van der Waals surface area (Å²) in [5.74, 6) is -1.26. The van der Waals surface area contributed by atoms with Crippen LogP contribution in [-0.4, -0.2) is 35.3 Å². The number of para-hydroxylation sites is 1. The second kappa shape index (κ2) is 4.69. The zero-order valence-electron chi connectivity index (χ0n) is 10.3. The molecule has 2 aromatic rings. The number of nitrogens with zero attached hydrogens (tertiary/aromatic N) is 2. The summed E-state index contributed by atoms with van der Waals surface area (Å²) in [6.07, 6.45) is 1.31. The smallest absolute Gasteiger partial charge is 0.339 e. The molecule has 0 bridgehead atoms. The van der Waals surface area contributed by atoms with Crippen LogP contribution in [0, 0.1) is 0 Å². The van der Waals surface area contributed by atoms with Gasteiger partial charge in [-0.25, -0.2) is 4.79 Å². The molecule has 7 heteroatoms. The fraction of sp³-hybridized carbons (Fsp3) is 0.154. The van der Waals surface area contributed by atoms with E-state index in [0.717, 1.165) is 0 Å². The second-order valence-corrected chi connectivity index (χ2v) is 4.15. The van der Waals surface area contributed by atoms with E-state index in [1.165, 1.54) is 23.3 Å². The lowest BCUT2D eigenvalue weighted by molar-refractivity contribution is 0.0690. The third kappa shape index (κ3) is 1.89. The predicted molar refractivity (Wildman–Crippen MR) is 67.1 cm³/mol. The number of hydrogen-bond donors (Lipinski definition) is 1. The van der Waals surface area contributed by atoms with Gasteiger partial charge in [0, 0.05) is 6.07 Å². The minimum Gasteiger partial charge on any atom is -0.489 e. The maximum Gasteiger partial charge on any atom is 0.339 e. The molecule has 1 aliphatic heterocycles. The molecule has 3 rings (SSSR count). The number of fused-ring (bicyclic) bond motifs is 1. The number of hydrogen-bond acceptors (Lipinski definition) is 5. The van der Waals surface area contributed by atoms with Crippen LogP contribution < -0.4 is 9.64 Å². The van der Waals surface area contributed by atoms with Crippen LogP contribution >= 0.6 is 0 Å². The number of carbonyl (C=O) groups excluding carboxylic acids is 1.